The molecule has 1 fully saturated rings. The van der Waals surface area contributed by atoms with Crippen LogP contribution in [0.25, 0.3) is 0 Å². The van der Waals surface area contributed by atoms with Gasteiger partial charge in [0.2, 0.25) is 5.95 Å². The summed E-state index contributed by atoms with van der Waals surface area (Å²) in [4.78, 5) is 21.4. The summed E-state index contributed by atoms with van der Waals surface area (Å²) in [5.74, 6) is -0.105. The number of aromatic nitrogens is 2. The Morgan fingerprint density at radius 2 is 1.77 bits per heavy atom. The molecule has 1 aliphatic heterocycles. The quantitative estimate of drug-likeness (QED) is 0.770. The molecule has 114 valence electrons. The summed E-state index contributed by atoms with van der Waals surface area (Å²) < 4.78 is 0. The van der Waals surface area contributed by atoms with Crippen LogP contribution in [0.1, 0.15) is 10.4 Å². The summed E-state index contributed by atoms with van der Waals surface area (Å²) in [7, 11) is 0. The molecular formula is C15H18N6O. The molecule has 2 aromatic rings. The van der Waals surface area contributed by atoms with Crippen molar-refractivity contribution in [3.63, 3.8) is 0 Å². The van der Waals surface area contributed by atoms with E-state index in [1.807, 2.05) is 12.1 Å². The van der Waals surface area contributed by atoms with Crippen molar-refractivity contribution in [3.05, 3.63) is 42.2 Å². The lowest BCUT2D eigenvalue weighted by Gasteiger charge is -2.29. The molecule has 0 spiro atoms. The Morgan fingerprint density at radius 1 is 1.14 bits per heavy atom. The van der Waals surface area contributed by atoms with E-state index in [0.29, 0.717) is 11.5 Å². The molecule has 1 amide bonds. The van der Waals surface area contributed by atoms with Gasteiger partial charge in [0, 0.05) is 49.9 Å². The fourth-order valence-corrected chi connectivity index (χ4v) is 2.33. The lowest BCUT2D eigenvalue weighted by molar-refractivity contribution is 0.0999. The number of amides is 1. The third kappa shape index (κ3) is 3.32. The second-order valence-electron chi connectivity index (χ2n) is 5.07. The van der Waals surface area contributed by atoms with Gasteiger partial charge in [0.05, 0.1) is 5.56 Å². The van der Waals surface area contributed by atoms with Crippen LogP contribution >= 0.6 is 0 Å². The number of benzene rings is 1. The first-order chi connectivity index (χ1) is 10.7. The van der Waals surface area contributed by atoms with E-state index in [-0.39, 0.29) is 0 Å². The number of carbonyl (C=O) groups is 1. The van der Waals surface area contributed by atoms with E-state index >= 15 is 0 Å². The Kier molecular flexibility index (Phi) is 4.15. The van der Waals surface area contributed by atoms with Crippen LogP contribution in [0.15, 0.2) is 36.7 Å². The minimum Gasteiger partial charge on any atom is -0.369 e. The van der Waals surface area contributed by atoms with Crippen LogP contribution in [0.3, 0.4) is 0 Å². The molecule has 0 saturated carbocycles. The first-order valence-electron chi connectivity index (χ1n) is 7.17. The van der Waals surface area contributed by atoms with E-state index in [1.54, 1.807) is 0 Å². The molecule has 7 heteroatoms. The third-order valence-corrected chi connectivity index (χ3v) is 3.54. The second kappa shape index (κ2) is 6.40. The monoisotopic (exact) mass is 298 g/mol. The highest BCUT2D eigenvalue weighted by atomic mass is 16.1. The van der Waals surface area contributed by atoms with E-state index in [1.165, 1.54) is 18.1 Å². The number of primary amides is 1. The molecule has 0 radical (unpaired) electrons. The molecule has 0 unspecified atom stereocenters. The Hall–Kier alpha value is -2.67. The molecule has 2 heterocycles. The van der Waals surface area contributed by atoms with E-state index in [2.05, 4.69) is 37.6 Å². The number of piperazine rings is 1. The number of nitrogens with zero attached hydrogens (tertiary/aromatic N) is 3. The Morgan fingerprint density at radius 3 is 2.36 bits per heavy atom. The number of rotatable bonds is 4. The molecule has 7 nitrogen and oxygen atoms in total. The number of hydrogen-bond acceptors (Lipinski definition) is 6. The largest absolute Gasteiger partial charge is 0.369 e. The Balaban J connectivity index is 1.66. The van der Waals surface area contributed by atoms with Crippen LogP contribution in [0.2, 0.25) is 0 Å². The molecule has 4 N–H and O–H groups in total. The molecule has 3 rings (SSSR count). The van der Waals surface area contributed by atoms with Gasteiger partial charge in [-0.25, -0.2) is 9.97 Å². The summed E-state index contributed by atoms with van der Waals surface area (Å²) in [5.41, 5.74) is 7.55. The zero-order chi connectivity index (χ0) is 15.4. The van der Waals surface area contributed by atoms with Gasteiger partial charge in [-0.3, -0.25) is 4.79 Å². The lowest BCUT2D eigenvalue weighted by Crippen LogP contribution is -2.43. The highest BCUT2D eigenvalue weighted by molar-refractivity contribution is 5.92. The molecule has 1 aromatic carbocycles. The molecule has 22 heavy (non-hydrogen) atoms. The average molecular weight is 298 g/mol. The number of carbonyl (C=O) groups excluding carboxylic acids is 1. The van der Waals surface area contributed by atoms with E-state index < -0.39 is 5.91 Å². The molecular weight excluding hydrogens is 280 g/mol. The van der Waals surface area contributed by atoms with Gasteiger partial charge in [-0.2, -0.15) is 0 Å². The van der Waals surface area contributed by atoms with Crippen molar-refractivity contribution < 1.29 is 4.79 Å². The van der Waals surface area contributed by atoms with Crippen molar-refractivity contribution in [2.75, 3.05) is 36.4 Å². The fraction of sp³-hybridized carbons (Fsp3) is 0.267. The maximum absolute atomic E-state index is 11.0. The van der Waals surface area contributed by atoms with Crippen molar-refractivity contribution in [1.29, 1.82) is 0 Å². The minimum absolute atomic E-state index is 0.291. The van der Waals surface area contributed by atoms with Gasteiger partial charge < -0.3 is 21.3 Å². The maximum Gasteiger partial charge on any atom is 0.251 e. The molecule has 1 aromatic heterocycles. The Labute approximate surface area is 128 Å². The molecule has 0 bridgehead atoms. The van der Waals surface area contributed by atoms with Gasteiger partial charge in [-0.15, -0.1) is 0 Å². The van der Waals surface area contributed by atoms with E-state index in [0.717, 1.165) is 31.9 Å². The van der Waals surface area contributed by atoms with Crippen LogP contribution in [-0.2, 0) is 0 Å². The van der Waals surface area contributed by atoms with Crippen LogP contribution in [0.5, 0.6) is 0 Å². The van der Waals surface area contributed by atoms with Crippen molar-refractivity contribution in [2.45, 2.75) is 0 Å². The maximum atomic E-state index is 11.0. The predicted molar refractivity (Wildman–Crippen MR) is 85.4 cm³/mol. The number of nitrogens with one attached hydrogen (secondary N) is 2. The lowest BCUT2D eigenvalue weighted by atomic mass is 10.2. The van der Waals surface area contributed by atoms with Gasteiger partial charge in [0.15, 0.2) is 0 Å². The molecule has 0 atom stereocenters. The molecule has 1 saturated heterocycles. The second-order valence-corrected chi connectivity index (χ2v) is 5.07. The number of hydrogen-bond donors (Lipinski definition) is 3. The van der Waals surface area contributed by atoms with Gasteiger partial charge >= 0.3 is 0 Å². The van der Waals surface area contributed by atoms with Crippen LogP contribution in [-0.4, -0.2) is 42.1 Å². The van der Waals surface area contributed by atoms with Crippen LogP contribution in [0, 0.1) is 0 Å². The number of anilines is 3. The first kappa shape index (κ1) is 14.3. The first-order valence-corrected chi connectivity index (χ1v) is 7.17. The summed E-state index contributed by atoms with van der Waals surface area (Å²) in [5, 5.41) is 6.43. The van der Waals surface area contributed by atoms with Gasteiger partial charge in [0.25, 0.3) is 5.91 Å². The van der Waals surface area contributed by atoms with Crippen molar-refractivity contribution in [1.82, 2.24) is 15.3 Å². The van der Waals surface area contributed by atoms with E-state index in [9.17, 15) is 4.79 Å². The van der Waals surface area contributed by atoms with Crippen molar-refractivity contribution in [3.8, 4) is 0 Å². The average Bonchev–Trinajstić information content (AvgIpc) is 2.57. The normalized spacial score (nSPS) is 14.6. The number of nitrogens with two attached hydrogens (primary N) is 1. The summed E-state index contributed by atoms with van der Waals surface area (Å²) in [6, 6.07) is 8.13. The van der Waals surface area contributed by atoms with Gasteiger partial charge in [0.1, 0.15) is 0 Å². The topological polar surface area (TPSA) is 96.2 Å². The third-order valence-electron chi connectivity index (χ3n) is 3.54. The summed E-state index contributed by atoms with van der Waals surface area (Å²) >= 11 is 0. The molecule has 0 aliphatic carbocycles. The highest BCUT2D eigenvalue weighted by Gasteiger charge is 2.10. The van der Waals surface area contributed by atoms with Crippen molar-refractivity contribution in [2.24, 2.45) is 5.73 Å². The summed E-state index contributed by atoms with van der Waals surface area (Å²) in [6.07, 6.45) is 2.82. The van der Waals surface area contributed by atoms with Crippen LogP contribution in [0.4, 0.5) is 17.3 Å². The zero-order valence-electron chi connectivity index (χ0n) is 12.1. The zero-order valence-corrected chi connectivity index (χ0v) is 12.1. The van der Waals surface area contributed by atoms with Crippen LogP contribution < -0.4 is 21.3 Å². The SMILES string of the molecule is NC(=O)c1cnc(Nc2ccc(N3CCNCC3)cc2)nc1. The van der Waals surface area contributed by atoms with Gasteiger partial charge in [-0.05, 0) is 24.3 Å². The minimum atomic E-state index is -0.535. The van der Waals surface area contributed by atoms with E-state index in [4.69, 9.17) is 5.73 Å². The Bertz CT molecular complexity index is 634. The van der Waals surface area contributed by atoms with Crippen molar-refractivity contribution >= 4 is 23.2 Å². The summed E-state index contributed by atoms with van der Waals surface area (Å²) in [6.45, 7) is 4.06. The highest BCUT2D eigenvalue weighted by Crippen LogP contribution is 2.20. The predicted octanol–water partition coefficient (Wildman–Crippen LogP) is 0.729. The smallest absolute Gasteiger partial charge is 0.251 e. The van der Waals surface area contributed by atoms with Gasteiger partial charge in [-0.1, -0.05) is 0 Å². The standard InChI is InChI=1S/C15H18N6O/c16-14(22)11-9-18-15(19-10-11)20-12-1-3-13(4-2-12)21-7-5-17-6-8-21/h1-4,9-10,17H,5-8H2,(H2,16,22)(H,18,19,20). The molecule has 1 aliphatic rings. The fourth-order valence-electron chi connectivity index (χ4n) is 2.33.